The molecule has 0 bridgehead atoms. The predicted octanol–water partition coefficient (Wildman–Crippen LogP) is 22.8. The summed E-state index contributed by atoms with van der Waals surface area (Å²) in [7, 11) is 0. The minimum Gasteiger partial charge on any atom is -0.462 e. The smallest absolute Gasteiger partial charge is 0.306 e. The molecule has 0 N–H and O–H groups in total. The third-order valence-corrected chi connectivity index (χ3v) is 15.1. The molecule has 6 nitrogen and oxygen atoms in total. The molecule has 0 rings (SSSR count). The molecule has 0 aliphatic carbocycles. The topological polar surface area (TPSA) is 78.9 Å². The summed E-state index contributed by atoms with van der Waals surface area (Å²) < 4.78 is 17.0. The summed E-state index contributed by atoms with van der Waals surface area (Å²) in [4.78, 5) is 38.4. The van der Waals surface area contributed by atoms with Gasteiger partial charge in [0.1, 0.15) is 13.2 Å². The summed E-state index contributed by atoms with van der Waals surface area (Å²) in [5, 5.41) is 0. The van der Waals surface area contributed by atoms with Crippen molar-refractivity contribution in [2.75, 3.05) is 13.2 Å². The van der Waals surface area contributed by atoms with E-state index in [4.69, 9.17) is 14.2 Å². The molecule has 0 aliphatic rings. The Kier molecular flexibility index (Phi) is 62.1. The zero-order chi connectivity index (χ0) is 54.3. The van der Waals surface area contributed by atoms with Crippen molar-refractivity contribution in [1.82, 2.24) is 0 Å². The van der Waals surface area contributed by atoms with Crippen molar-refractivity contribution in [1.29, 1.82) is 0 Å². The quantitative estimate of drug-likeness (QED) is 0.0261. The first-order valence-electron chi connectivity index (χ1n) is 33.5. The highest BCUT2D eigenvalue weighted by Gasteiger charge is 2.19. The van der Waals surface area contributed by atoms with Gasteiger partial charge in [-0.25, -0.2) is 0 Å². The Labute approximate surface area is 467 Å². The van der Waals surface area contributed by atoms with Crippen LogP contribution in [-0.4, -0.2) is 37.2 Å². The summed E-state index contributed by atoms with van der Waals surface area (Å²) in [6.45, 7) is 6.68. The molecule has 0 aliphatic heterocycles. The van der Waals surface area contributed by atoms with Crippen LogP contribution < -0.4 is 0 Å². The average Bonchev–Trinajstić information content (AvgIpc) is 3.41. The van der Waals surface area contributed by atoms with Crippen molar-refractivity contribution in [2.45, 2.75) is 374 Å². The van der Waals surface area contributed by atoms with E-state index in [1.807, 2.05) is 0 Å². The Balaban J connectivity index is 4.34. The summed E-state index contributed by atoms with van der Waals surface area (Å²) >= 11 is 0. The number of carbonyl (C=O) groups excluding carboxylic acids is 3. The van der Waals surface area contributed by atoms with Crippen molar-refractivity contribution in [2.24, 2.45) is 0 Å². The number of rotatable bonds is 62. The number of unbranched alkanes of at least 4 members (excludes halogenated alkanes) is 45. The van der Waals surface area contributed by atoms with Crippen molar-refractivity contribution >= 4 is 17.9 Å². The van der Waals surface area contributed by atoms with Crippen molar-refractivity contribution in [3.05, 3.63) is 36.5 Å². The number of carbonyl (C=O) groups is 3. The van der Waals surface area contributed by atoms with Gasteiger partial charge in [-0.2, -0.15) is 0 Å². The largest absolute Gasteiger partial charge is 0.462 e. The van der Waals surface area contributed by atoms with Crippen LogP contribution in [0.1, 0.15) is 367 Å². The number of esters is 3. The lowest BCUT2D eigenvalue weighted by Crippen LogP contribution is -2.30. The fourth-order valence-corrected chi connectivity index (χ4v) is 10.1. The van der Waals surface area contributed by atoms with Gasteiger partial charge in [0.05, 0.1) is 0 Å². The molecular weight excluding hydrogens is 925 g/mol. The van der Waals surface area contributed by atoms with Crippen LogP contribution in [0.4, 0.5) is 0 Å². The molecule has 6 heteroatoms. The highest BCUT2D eigenvalue weighted by atomic mass is 16.6. The van der Waals surface area contributed by atoms with Crippen LogP contribution in [0.25, 0.3) is 0 Å². The van der Waals surface area contributed by atoms with Crippen LogP contribution >= 0.6 is 0 Å². The van der Waals surface area contributed by atoms with E-state index in [-0.39, 0.29) is 31.1 Å². The van der Waals surface area contributed by atoms with Gasteiger partial charge < -0.3 is 14.2 Å². The summed E-state index contributed by atoms with van der Waals surface area (Å²) in [6.07, 6.45) is 78.6. The molecule has 0 heterocycles. The fraction of sp³-hybridized carbons (Fsp3) is 0.870. The lowest BCUT2D eigenvalue weighted by molar-refractivity contribution is -0.167. The van der Waals surface area contributed by atoms with Gasteiger partial charge in [-0.3, -0.25) is 14.4 Å². The number of hydrogen-bond acceptors (Lipinski definition) is 6. The van der Waals surface area contributed by atoms with Gasteiger partial charge in [0.25, 0.3) is 0 Å². The molecule has 0 aromatic heterocycles. The van der Waals surface area contributed by atoms with E-state index in [1.54, 1.807) is 0 Å². The maximum Gasteiger partial charge on any atom is 0.306 e. The van der Waals surface area contributed by atoms with Gasteiger partial charge in [-0.05, 0) is 57.8 Å². The van der Waals surface area contributed by atoms with Crippen LogP contribution in [0.2, 0.25) is 0 Å². The van der Waals surface area contributed by atoms with Crippen LogP contribution in [-0.2, 0) is 28.6 Å². The molecule has 75 heavy (non-hydrogen) atoms. The van der Waals surface area contributed by atoms with Crippen molar-refractivity contribution in [3.63, 3.8) is 0 Å². The monoisotopic (exact) mass is 1050 g/mol. The van der Waals surface area contributed by atoms with Crippen LogP contribution in [0.3, 0.4) is 0 Å². The lowest BCUT2D eigenvalue weighted by atomic mass is 10.0. The van der Waals surface area contributed by atoms with E-state index >= 15 is 0 Å². The van der Waals surface area contributed by atoms with E-state index in [9.17, 15) is 14.4 Å². The maximum absolute atomic E-state index is 12.9. The Morgan fingerprint density at radius 3 is 0.773 bits per heavy atom. The van der Waals surface area contributed by atoms with Gasteiger partial charge in [0.15, 0.2) is 6.10 Å². The summed E-state index contributed by atoms with van der Waals surface area (Å²) in [5.41, 5.74) is 0. The first-order chi connectivity index (χ1) is 37.0. The zero-order valence-corrected chi connectivity index (χ0v) is 50.6. The fourth-order valence-electron chi connectivity index (χ4n) is 10.1. The molecule has 0 aromatic rings. The number of ether oxygens (including phenoxy) is 3. The molecule has 0 saturated heterocycles. The molecule has 0 amide bonds. The van der Waals surface area contributed by atoms with Crippen LogP contribution in [0.15, 0.2) is 36.5 Å². The van der Waals surface area contributed by atoms with Gasteiger partial charge in [-0.1, -0.05) is 327 Å². The van der Waals surface area contributed by atoms with Crippen molar-refractivity contribution in [3.8, 4) is 0 Å². The van der Waals surface area contributed by atoms with E-state index in [2.05, 4.69) is 57.2 Å². The Morgan fingerprint density at radius 2 is 0.480 bits per heavy atom. The van der Waals surface area contributed by atoms with Crippen LogP contribution in [0.5, 0.6) is 0 Å². The first kappa shape index (κ1) is 72.6. The molecule has 0 fully saturated rings. The molecular formula is C69H128O6. The van der Waals surface area contributed by atoms with E-state index in [0.717, 1.165) is 77.0 Å². The SMILES string of the molecule is CCCCC/C=C\C/C=C\C/C=C\CCCCCCCCC(=O)OCC(COC(=O)CCCCCCCCCCCCCCCCCCCCC)OC(=O)CCCCCCCCCCCCCCCCCCCCC. The van der Waals surface area contributed by atoms with Gasteiger partial charge in [-0.15, -0.1) is 0 Å². The minimum absolute atomic E-state index is 0.0705. The number of allylic oxidation sites excluding steroid dienone is 6. The second kappa shape index (κ2) is 64.2. The second-order valence-electron chi connectivity index (χ2n) is 22.7. The predicted molar refractivity (Wildman–Crippen MR) is 326 cm³/mol. The standard InChI is InChI=1S/C69H128O6/c1-4-7-10-13-16-19-22-25-28-31-34-37-40-43-46-49-52-55-58-61-67(70)73-64-66(75-69(72)63-60-57-54-51-48-45-42-39-36-33-30-27-24-21-18-15-12-9-6-3)65-74-68(71)62-59-56-53-50-47-44-41-38-35-32-29-26-23-20-17-14-11-8-5-2/h16,19,25,28,34,37,66H,4-15,17-18,20-24,26-27,29-33,35-36,38-65H2,1-3H3/b19-16-,28-25-,37-34-. The summed E-state index contributed by atoms with van der Waals surface area (Å²) in [5.74, 6) is -0.854. The lowest BCUT2D eigenvalue weighted by Gasteiger charge is -2.18. The summed E-state index contributed by atoms with van der Waals surface area (Å²) in [6, 6.07) is 0. The van der Waals surface area contributed by atoms with Gasteiger partial charge in [0, 0.05) is 19.3 Å². The molecule has 440 valence electrons. The molecule has 0 saturated carbocycles. The molecule has 1 unspecified atom stereocenters. The van der Waals surface area contributed by atoms with E-state index < -0.39 is 6.10 Å². The Morgan fingerprint density at radius 1 is 0.267 bits per heavy atom. The molecule has 0 radical (unpaired) electrons. The first-order valence-corrected chi connectivity index (χ1v) is 33.5. The molecule has 1 atom stereocenters. The highest BCUT2D eigenvalue weighted by Crippen LogP contribution is 2.18. The Hall–Kier alpha value is -2.37. The zero-order valence-electron chi connectivity index (χ0n) is 50.6. The van der Waals surface area contributed by atoms with Gasteiger partial charge in [0.2, 0.25) is 0 Å². The van der Waals surface area contributed by atoms with Gasteiger partial charge >= 0.3 is 17.9 Å². The van der Waals surface area contributed by atoms with Crippen molar-refractivity contribution < 1.29 is 28.6 Å². The minimum atomic E-state index is -0.775. The van der Waals surface area contributed by atoms with Crippen LogP contribution in [0, 0.1) is 0 Å². The Bertz CT molecular complexity index is 1250. The third kappa shape index (κ3) is 62.4. The molecule has 0 aromatic carbocycles. The normalized spacial score (nSPS) is 12.2. The highest BCUT2D eigenvalue weighted by molar-refractivity contribution is 5.71. The number of hydrogen-bond donors (Lipinski definition) is 0. The van der Waals surface area contributed by atoms with E-state index in [1.165, 1.54) is 250 Å². The maximum atomic E-state index is 12.9. The average molecular weight is 1050 g/mol. The second-order valence-corrected chi connectivity index (χ2v) is 22.7. The third-order valence-electron chi connectivity index (χ3n) is 15.1. The van der Waals surface area contributed by atoms with E-state index in [0.29, 0.717) is 19.3 Å². The molecule has 0 spiro atoms.